The summed E-state index contributed by atoms with van der Waals surface area (Å²) in [6.07, 6.45) is 2.73. The molecule has 1 amide bonds. The van der Waals surface area contributed by atoms with Gasteiger partial charge in [-0.25, -0.2) is 4.79 Å². The maximum atomic E-state index is 12.0. The largest absolute Gasteiger partial charge is 0.464 e. The fourth-order valence-corrected chi connectivity index (χ4v) is 2.15. The van der Waals surface area contributed by atoms with Crippen molar-refractivity contribution in [2.45, 2.75) is 45.1 Å². The van der Waals surface area contributed by atoms with E-state index in [0.717, 1.165) is 12.8 Å². The first kappa shape index (κ1) is 15.4. The highest BCUT2D eigenvalue weighted by Crippen LogP contribution is 2.37. The van der Waals surface area contributed by atoms with Crippen LogP contribution in [0.5, 0.6) is 0 Å². The van der Waals surface area contributed by atoms with Crippen molar-refractivity contribution in [3.8, 4) is 6.07 Å². The molecule has 0 spiro atoms. The number of hydrogen-bond acceptors (Lipinski definition) is 5. The molecule has 0 aromatic carbocycles. The topological polar surface area (TPSA) is 99.4 Å². The van der Waals surface area contributed by atoms with Crippen LogP contribution >= 0.6 is 0 Å². The quantitative estimate of drug-likeness (QED) is 0.707. The lowest BCUT2D eigenvalue weighted by molar-refractivity contribution is -0.163. The maximum absolute atomic E-state index is 12.0. The summed E-state index contributed by atoms with van der Waals surface area (Å²) >= 11 is 0. The number of hydrogen-bond donors (Lipinski definition) is 2. The first-order chi connectivity index (χ1) is 8.88. The van der Waals surface area contributed by atoms with E-state index in [0.29, 0.717) is 12.8 Å². The Balaban J connectivity index is 2.59. The van der Waals surface area contributed by atoms with Crippen molar-refractivity contribution in [3.63, 3.8) is 0 Å². The maximum Gasteiger partial charge on any atom is 0.339 e. The Bertz CT molecular complexity index is 392. The molecular formula is C13H20N2O4. The Labute approximate surface area is 112 Å². The van der Waals surface area contributed by atoms with E-state index in [1.807, 2.05) is 0 Å². The van der Waals surface area contributed by atoms with Crippen LogP contribution in [0, 0.1) is 16.7 Å². The first-order valence-corrected chi connectivity index (χ1v) is 6.47. The zero-order valence-electron chi connectivity index (χ0n) is 11.4. The predicted molar refractivity (Wildman–Crippen MR) is 66.8 cm³/mol. The van der Waals surface area contributed by atoms with Crippen LogP contribution in [0.2, 0.25) is 0 Å². The smallest absolute Gasteiger partial charge is 0.339 e. The summed E-state index contributed by atoms with van der Waals surface area (Å²) in [6.45, 7) is 2.81. The van der Waals surface area contributed by atoms with Gasteiger partial charge in [-0.3, -0.25) is 4.79 Å². The van der Waals surface area contributed by atoms with Crippen molar-refractivity contribution >= 4 is 11.9 Å². The molecule has 1 saturated carbocycles. The molecule has 1 atom stereocenters. The molecule has 0 bridgehead atoms. The standard InChI is InChI=1S/C13H20N2O4/c1-3-19-11(17)12(2,18)9-15-10(16)13(8-14)6-4-5-7-13/h18H,3-7,9H2,1-2H3,(H,15,16)/t12-/m1/s1. The monoisotopic (exact) mass is 268 g/mol. The molecular weight excluding hydrogens is 248 g/mol. The van der Waals surface area contributed by atoms with Gasteiger partial charge in [0.1, 0.15) is 5.41 Å². The fourth-order valence-electron chi connectivity index (χ4n) is 2.15. The minimum Gasteiger partial charge on any atom is -0.464 e. The molecule has 0 aromatic heterocycles. The third-order valence-electron chi connectivity index (χ3n) is 3.41. The van der Waals surface area contributed by atoms with Crippen molar-refractivity contribution in [2.24, 2.45) is 5.41 Å². The number of nitriles is 1. The van der Waals surface area contributed by atoms with Gasteiger partial charge in [-0.15, -0.1) is 0 Å². The molecule has 19 heavy (non-hydrogen) atoms. The van der Waals surface area contributed by atoms with E-state index in [1.165, 1.54) is 6.92 Å². The Morgan fingerprint density at radius 2 is 2.05 bits per heavy atom. The Morgan fingerprint density at radius 1 is 1.47 bits per heavy atom. The summed E-state index contributed by atoms with van der Waals surface area (Å²) in [6, 6.07) is 2.06. The van der Waals surface area contributed by atoms with Gasteiger partial charge >= 0.3 is 5.97 Å². The highest BCUT2D eigenvalue weighted by atomic mass is 16.5. The number of nitrogens with one attached hydrogen (secondary N) is 1. The number of ether oxygens (including phenoxy) is 1. The van der Waals surface area contributed by atoms with Gasteiger partial charge < -0.3 is 15.2 Å². The normalized spacial score (nSPS) is 20.1. The Hall–Kier alpha value is -1.61. The van der Waals surface area contributed by atoms with Gasteiger partial charge in [0.2, 0.25) is 5.91 Å². The number of carbonyl (C=O) groups excluding carboxylic acids is 2. The summed E-state index contributed by atoms with van der Waals surface area (Å²) in [7, 11) is 0. The molecule has 6 nitrogen and oxygen atoms in total. The number of nitrogens with zero attached hydrogens (tertiary/aromatic N) is 1. The van der Waals surface area contributed by atoms with Crippen molar-refractivity contribution in [1.29, 1.82) is 5.26 Å². The molecule has 1 aliphatic rings. The Kier molecular flexibility index (Phi) is 4.90. The second kappa shape index (κ2) is 6.02. The number of amides is 1. The van der Waals surface area contributed by atoms with E-state index in [4.69, 9.17) is 10.00 Å². The van der Waals surface area contributed by atoms with Crippen molar-refractivity contribution in [2.75, 3.05) is 13.2 Å². The van der Waals surface area contributed by atoms with E-state index >= 15 is 0 Å². The van der Waals surface area contributed by atoms with E-state index in [9.17, 15) is 14.7 Å². The Morgan fingerprint density at radius 3 is 2.53 bits per heavy atom. The second-order valence-electron chi connectivity index (χ2n) is 5.08. The number of carbonyl (C=O) groups is 2. The minimum atomic E-state index is -1.78. The lowest BCUT2D eigenvalue weighted by Crippen LogP contribution is -2.50. The number of aliphatic hydroxyl groups is 1. The molecule has 0 unspecified atom stereocenters. The zero-order valence-corrected chi connectivity index (χ0v) is 11.4. The van der Waals surface area contributed by atoms with Gasteiger partial charge in [0.15, 0.2) is 5.60 Å². The van der Waals surface area contributed by atoms with Crippen LogP contribution in [0.3, 0.4) is 0 Å². The third kappa shape index (κ3) is 3.44. The van der Waals surface area contributed by atoms with E-state index in [1.54, 1.807) is 6.92 Å². The summed E-state index contributed by atoms with van der Waals surface area (Å²) in [5.41, 5.74) is -2.79. The fraction of sp³-hybridized carbons (Fsp3) is 0.769. The molecule has 1 rings (SSSR count). The van der Waals surface area contributed by atoms with Crippen LogP contribution in [0.1, 0.15) is 39.5 Å². The first-order valence-electron chi connectivity index (χ1n) is 6.47. The van der Waals surface area contributed by atoms with E-state index < -0.39 is 22.9 Å². The average molecular weight is 268 g/mol. The third-order valence-corrected chi connectivity index (χ3v) is 3.41. The van der Waals surface area contributed by atoms with Crippen molar-refractivity contribution < 1.29 is 19.4 Å². The molecule has 2 N–H and O–H groups in total. The van der Waals surface area contributed by atoms with E-state index in [2.05, 4.69) is 11.4 Å². The highest BCUT2D eigenvalue weighted by molar-refractivity contribution is 5.87. The van der Waals surface area contributed by atoms with E-state index in [-0.39, 0.29) is 13.2 Å². The number of esters is 1. The zero-order chi connectivity index (χ0) is 14.5. The molecule has 6 heteroatoms. The molecule has 106 valence electrons. The highest BCUT2D eigenvalue weighted by Gasteiger charge is 2.42. The molecule has 0 radical (unpaired) electrons. The van der Waals surface area contributed by atoms with Gasteiger partial charge in [-0.05, 0) is 26.7 Å². The van der Waals surface area contributed by atoms with Crippen LogP contribution in [0.25, 0.3) is 0 Å². The SMILES string of the molecule is CCOC(=O)[C@](C)(O)CNC(=O)C1(C#N)CCCC1. The van der Waals surface area contributed by atoms with Gasteiger partial charge in [-0.2, -0.15) is 5.26 Å². The molecule has 1 aliphatic carbocycles. The second-order valence-corrected chi connectivity index (χ2v) is 5.08. The molecule has 0 saturated heterocycles. The summed E-state index contributed by atoms with van der Waals surface area (Å²) < 4.78 is 4.71. The predicted octanol–water partition coefficient (Wildman–Crippen LogP) is 0.501. The van der Waals surface area contributed by atoms with Crippen LogP contribution in [0.15, 0.2) is 0 Å². The molecule has 1 fully saturated rings. The van der Waals surface area contributed by atoms with Crippen molar-refractivity contribution in [3.05, 3.63) is 0 Å². The lowest BCUT2D eigenvalue weighted by atomic mass is 9.87. The molecule has 0 aromatic rings. The summed E-state index contributed by atoms with van der Waals surface area (Å²) in [5, 5.41) is 21.5. The minimum absolute atomic E-state index is 0.158. The average Bonchev–Trinajstić information content (AvgIpc) is 2.86. The molecule has 0 aliphatic heterocycles. The summed E-state index contributed by atoms with van der Waals surface area (Å²) in [5.74, 6) is -1.20. The van der Waals surface area contributed by atoms with Gasteiger partial charge in [0.25, 0.3) is 0 Å². The van der Waals surface area contributed by atoms with Crippen LogP contribution in [0.4, 0.5) is 0 Å². The molecule has 0 heterocycles. The van der Waals surface area contributed by atoms with Crippen molar-refractivity contribution in [1.82, 2.24) is 5.32 Å². The summed E-state index contributed by atoms with van der Waals surface area (Å²) in [4.78, 5) is 23.5. The van der Waals surface area contributed by atoms with Gasteiger partial charge in [0, 0.05) is 0 Å². The van der Waals surface area contributed by atoms with Gasteiger partial charge in [0.05, 0.1) is 19.2 Å². The lowest BCUT2D eigenvalue weighted by Gasteiger charge is -2.24. The number of rotatable bonds is 5. The van der Waals surface area contributed by atoms with Crippen LogP contribution in [-0.2, 0) is 14.3 Å². The van der Waals surface area contributed by atoms with Crippen LogP contribution < -0.4 is 5.32 Å². The van der Waals surface area contributed by atoms with Crippen LogP contribution in [-0.4, -0.2) is 35.7 Å². The van der Waals surface area contributed by atoms with Gasteiger partial charge in [-0.1, -0.05) is 12.8 Å².